The van der Waals surface area contributed by atoms with E-state index < -0.39 is 0 Å². The van der Waals surface area contributed by atoms with Gasteiger partial charge in [-0.2, -0.15) is 0 Å². The first-order valence-electron chi connectivity index (χ1n) is 5.47. The summed E-state index contributed by atoms with van der Waals surface area (Å²) in [4.78, 5) is 23.8. The fraction of sp³-hybridized carbons (Fsp3) is 0.0833. The third-order valence-electron chi connectivity index (χ3n) is 2.19. The van der Waals surface area contributed by atoms with E-state index in [1.54, 1.807) is 24.4 Å². The monoisotopic (exact) mass is 273 g/mol. The van der Waals surface area contributed by atoms with Gasteiger partial charge in [-0.3, -0.25) is 15.1 Å². The summed E-state index contributed by atoms with van der Waals surface area (Å²) in [5.74, 6) is 0.0348. The molecule has 0 atom stereocenters. The molecule has 6 nitrogen and oxygen atoms in total. The van der Waals surface area contributed by atoms with Crippen LogP contribution in [0.3, 0.4) is 0 Å². The highest BCUT2D eigenvalue weighted by molar-refractivity contribution is 7.80. The van der Waals surface area contributed by atoms with Gasteiger partial charge in [0, 0.05) is 29.8 Å². The molecule has 0 saturated carbocycles. The number of nitrogens with one attached hydrogen (secondary N) is 2. The number of hydrogen-bond acceptors (Lipinski definition) is 5. The molecule has 0 aliphatic heterocycles. The van der Waals surface area contributed by atoms with E-state index in [-0.39, 0.29) is 11.0 Å². The zero-order valence-electron chi connectivity index (χ0n) is 10.1. The Morgan fingerprint density at radius 1 is 1.21 bits per heavy atom. The standard InChI is InChI=1S/C12H11N5OS/c1-8-2-7-14-11(15-8)17-12(19)16-10(18)9-3-5-13-6-4-9/h2-7H,1H3,(H2,14,15,16,17,18,19). The number of carbonyl (C=O) groups excluding carboxylic acids is 1. The molecule has 2 aromatic heterocycles. The van der Waals surface area contributed by atoms with E-state index in [2.05, 4.69) is 25.6 Å². The van der Waals surface area contributed by atoms with Gasteiger partial charge < -0.3 is 5.32 Å². The van der Waals surface area contributed by atoms with Crippen molar-refractivity contribution in [3.8, 4) is 0 Å². The van der Waals surface area contributed by atoms with Gasteiger partial charge in [-0.05, 0) is 37.3 Å². The van der Waals surface area contributed by atoms with Crippen molar-refractivity contribution < 1.29 is 4.79 Å². The van der Waals surface area contributed by atoms with E-state index >= 15 is 0 Å². The van der Waals surface area contributed by atoms with Crippen molar-refractivity contribution in [3.05, 3.63) is 48.0 Å². The minimum Gasteiger partial charge on any atom is -0.301 e. The molecule has 2 aromatic rings. The van der Waals surface area contributed by atoms with Crippen LogP contribution in [0.4, 0.5) is 5.95 Å². The van der Waals surface area contributed by atoms with Gasteiger partial charge >= 0.3 is 0 Å². The Morgan fingerprint density at radius 2 is 1.95 bits per heavy atom. The summed E-state index contributed by atoms with van der Waals surface area (Å²) in [5, 5.41) is 5.43. The van der Waals surface area contributed by atoms with Crippen LogP contribution in [-0.2, 0) is 0 Å². The number of nitrogens with zero attached hydrogens (tertiary/aromatic N) is 3. The normalized spacial score (nSPS) is 9.74. The summed E-state index contributed by atoms with van der Waals surface area (Å²) in [6.45, 7) is 1.84. The Morgan fingerprint density at radius 3 is 2.63 bits per heavy atom. The number of thiocarbonyl (C=S) groups is 1. The van der Waals surface area contributed by atoms with Crippen molar-refractivity contribution in [2.24, 2.45) is 0 Å². The van der Waals surface area contributed by atoms with Crippen LogP contribution in [0.25, 0.3) is 0 Å². The van der Waals surface area contributed by atoms with Crippen LogP contribution in [0, 0.1) is 6.92 Å². The summed E-state index contributed by atoms with van der Waals surface area (Å²) in [6, 6.07) is 4.96. The van der Waals surface area contributed by atoms with Gasteiger partial charge in [-0.25, -0.2) is 9.97 Å². The Hall–Kier alpha value is -2.41. The molecule has 0 radical (unpaired) electrons. The van der Waals surface area contributed by atoms with Crippen LogP contribution in [-0.4, -0.2) is 26.0 Å². The average Bonchev–Trinajstić information content (AvgIpc) is 2.39. The van der Waals surface area contributed by atoms with Crippen LogP contribution in [0.5, 0.6) is 0 Å². The third kappa shape index (κ3) is 3.78. The molecule has 7 heteroatoms. The van der Waals surface area contributed by atoms with Gasteiger partial charge in [0.05, 0.1) is 0 Å². The molecule has 0 fully saturated rings. The Labute approximate surface area is 115 Å². The third-order valence-corrected chi connectivity index (χ3v) is 2.39. The SMILES string of the molecule is Cc1ccnc(NC(=S)NC(=O)c2ccncc2)n1. The lowest BCUT2D eigenvalue weighted by Crippen LogP contribution is -2.34. The number of aryl methyl sites for hydroxylation is 1. The molecular formula is C12H11N5OS. The van der Waals surface area contributed by atoms with E-state index in [0.717, 1.165) is 5.69 Å². The molecule has 0 saturated heterocycles. The Kier molecular flexibility index (Phi) is 4.09. The summed E-state index contributed by atoms with van der Waals surface area (Å²) < 4.78 is 0. The number of rotatable bonds is 2. The molecule has 0 aromatic carbocycles. The predicted molar refractivity (Wildman–Crippen MR) is 74.7 cm³/mol. The van der Waals surface area contributed by atoms with Gasteiger partial charge in [0.1, 0.15) is 0 Å². The average molecular weight is 273 g/mol. The van der Waals surface area contributed by atoms with E-state index in [1.807, 2.05) is 6.92 Å². The van der Waals surface area contributed by atoms with Crippen molar-refractivity contribution in [2.45, 2.75) is 6.92 Å². The zero-order valence-corrected chi connectivity index (χ0v) is 10.9. The molecule has 2 N–H and O–H groups in total. The van der Waals surface area contributed by atoms with Gasteiger partial charge in [0.25, 0.3) is 5.91 Å². The number of hydrogen-bond donors (Lipinski definition) is 2. The lowest BCUT2D eigenvalue weighted by molar-refractivity contribution is 0.0977. The molecule has 96 valence electrons. The maximum atomic E-state index is 11.8. The summed E-state index contributed by atoms with van der Waals surface area (Å²) in [6.07, 6.45) is 4.68. The molecule has 0 unspecified atom stereocenters. The maximum Gasteiger partial charge on any atom is 0.257 e. The quantitative estimate of drug-likeness (QED) is 0.803. The smallest absolute Gasteiger partial charge is 0.257 e. The second-order valence-corrected chi connectivity index (χ2v) is 4.07. The molecular weight excluding hydrogens is 262 g/mol. The van der Waals surface area contributed by atoms with Crippen LogP contribution in [0.15, 0.2) is 36.8 Å². The first kappa shape index (κ1) is 13.0. The number of amides is 1. The zero-order chi connectivity index (χ0) is 13.7. The number of anilines is 1. The van der Waals surface area contributed by atoms with Gasteiger partial charge in [0.2, 0.25) is 5.95 Å². The Balaban J connectivity index is 1.97. The van der Waals surface area contributed by atoms with Crippen molar-refractivity contribution in [2.75, 3.05) is 5.32 Å². The summed E-state index contributed by atoms with van der Waals surface area (Å²) >= 11 is 5.02. The molecule has 1 amide bonds. The van der Waals surface area contributed by atoms with Crippen molar-refractivity contribution in [1.29, 1.82) is 0 Å². The summed E-state index contributed by atoms with van der Waals surface area (Å²) in [7, 11) is 0. The molecule has 0 aliphatic rings. The second kappa shape index (κ2) is 5.96. The van der Waals surface area contributed by atoms with Gasteiger partial charge in [-0.1, -0.05) is 0 Å². The number of aromatic nitrogens is 3. The highest BCUT2D eigenvalue weighted by Gasteiger charge is 2.08. The van der Waals surface area contributed by atoms with Crippen LogP contribution in [0.1, 0.15) is 16.1 Å². The van der Waals surface area contributed by atoms with Crippen molar-refractivity contribution in [1.82, 2.24) is 20.3 Å². The molecule has 0 spiro atoms. The van der Waals surface area contributed by atoms with Crippen molar-refractivity contribution in [3.63, 3.8) is 0 Å². The lowest BCUT2D eigenvalue weighted by Gasteiger charge is -2.08. The van der Waals surface area contributed by atoms with Crippen molar-refractivity contribution >= 4 is 29.2 Å². The molecule has 19 heavy (non-hydrogen) atoms. The summed E-state index contributed by atoms with van der Waals surface area (Å²) in [5.41, 5.74) is 1.28. The highest BCUT2D eigenvalue weighted by atomic mass is 32.1. The van der Waals surface area contributed by atoms with Gasteiger partial charge in [-0.15, -0.1) is 0 Å². The minimum absolute atomic E-state index is 0.146. The molecule has 0 bridgehead atoms. The van der Waals surface area contributed by atoms with Crippen LogP contribution in [0.2, 0.25) is 0 Å². The largest absolute Gasteiger partial charge is 0.301 e. The highest BCUT2D eigenvalue weighted by Crippen LogP contribution is 2.00. The van der Waals surface area contributed by atoms with E-state index in [4.69, 9.17) is 12.2 Å². The topological polar surface area (TPSA) is 79.8 Å². The van der Waals surface area contributed by atoms with E-state index in [9.17, 15) is 4.79 Å². The van der Waals surface area contributed by atoms with E-state index in [1.165, 1.54) is 12.4 Å². The number of pyridine rings is 1. The van der Waals surface area contributed by atoms with Gasteiger partial charge in [0.15, 0.2) is 5.11 Å². The molecule has 0 aliphatic carbocycles. The van der Waals surface area contributed by atoms with Crippen LogP contribution >= 0.6 is 12.2 Å². The first-order chi connectivity index (χ1) is 9.15. The van der Waals surface area contributed by atoms with E-state index in [0.29, 0.717) is 11.5 Å². The second-order valence-electron chi connectivity index (χ2n) is 3.67. The fourth-order valence-electron chi connectivity index (χ4n) is 1.32. The molecule has 2 rings (SSSR count). The Bertz CT molecular complexity index is 602. The minimum atomic E-state index is -0.312. The van der Waals surface area contributed by atoms with Crippen LogP contribution < -0.4 is 10.6 Å². The fourth-order valence-corrected chi connectivity index (χ4v) is 1.50. The predicted octanol–water partition coefficient (Wildman–Crippen LogP) is 1.31. The number of carbonyl (C=O) groups is 1. The maximum absolute atomic E-state index is 11.8. The lowest BCUT2D eigenvalue weighted by atomic mass is 10.2. The molecule has 2 heterocycles. The first-order valence-corrected chi connectivity index (χ1v) is 5.88.